The Labute approximate surface area is 165 Å². The van der Waals surface area contributed by atoms with Gasteiger partial charge in [-0.1, -0.05) is 0 Å². The summed E-state index contributed by atoms with van der Waals surface area (Å²) in [5, 5.41) is 12.9. The standard InChI is InChI=1S/C19H19NO7S/c1-25-10-6-7-11(13(21)8-10)18(23)27-9-15(22)20-17-16(19(24)26-2)12-4-3-5-14(12)28-17/h6-8,21H,3-5,9H2,1-2H3,(H,20,22). The van der Waals surface area contributed by atoms with Crippen LogP contribution in [0.4, 0.5) is 5.00 Å². The fraction of sp³-hybridized carbons (Fsp3) is 0.316. The highest BCUT2D eigenvalue weighted by Gasteiger charge is 2.28. The SMILES string of the molecule is COC(=O)c1c(NC(=O)COC(=O)c2ccc(OC)cc2O)sc2c1CCC2. The van der Waals surface area contributed by atoms with Crippen molar-refractivity contribution < 1.29 is 33.7 Å². The molecule has 0 bridgehead atoms. The summed E-state index contributed by atoms with van der Waals surface area (Å²) >= 11 is 1.33. The molecule has 0 unspecified atom stereocenters. The molecule has 1 amide bonds. The van der Waals surface area contributed by atoms with Crippen LogP contribution in [0.25, 0.3) is 0 Å². The molecule has 0 fully saturated rings. The molecule has 0 aliphatic heterocycles. The van der Waals surface area contributed by atoms with Crippen LogP contribution in [0.5, 0.6) is 11.5 Å². The lowest BCUT2D eigenvalue weighted by atomic mass is 10.1. The third-order valence-electron chi connectivity index (χ3n) is 4.32. The highest BCUT2D eigenvalue weighted by atomic mass is 32.1. The molecule has 2 N–H and O–H groups in total. The van der Waals surface area contributed by atoms with Crippen molar-refractivity contribution in [2.24, 2.45) is 0 Å². The Morgan fingerprint density at radius 3 is 2.64 bits per heavy atom. The number of carbonyl (C=O) groups excluding carboxylic acids is 3. The van der Waals surface area contributed by atoms with Crippen LogP contribution in [0.2, 0.25) is 0 Å². The molecule has 1 aliphatic rings. The fourth-order valence-electron chi connectivity index (χ4n) is 2.99. The number of ether oxygens (including phenoxy) is 3. The lowest BCUT2D eigenvalue weighted by molar-refractivity contribution is -0.119. The van der Waals surface area contributed by atoms with Gasteiger partial charge in [-0.2, -0.15) is 0 Å². The molecule has 2 aromatic rings. The second kappa shape index (κ2) is 8.30. The summed E-state index contributed by atoms with van der Waals surface area (Å²) < 4.78 is 14.7. The number of benzene rings is 1. The van der Waals surface area contributed by atoms with E-state index in [1.807, 2.05) is 0 Å². The number of phenols is 1. The number of hydrogen-bond acceptors (Lipinski definition) is 8. The first-order valence-corrected chi connectivity index (χ1v) is 9.33. The zero-order chi connectivity index (χ0) is 20.3. The maximum absolute atomic E-state index is 12.2. The second-order valence-electron chi connectivity index (χ2n) is 6.06. The predicted octanol–water partition coefficient (Wildman–Crippen LogP) is 2.53. The first-order chi connectivity index (χ1) is 13.4. The first kappa shape index (κ1) is 19.7. The number of fused-ring (bicyclic) bond motifs is 1. The smallest absolute Gasteiger partial charge is 0.342 e. The lowest BCUT2D eigenvalue weighted by Crippen LogP contribution is -2.21. The highest BCUT2D eigenvalue weighted by molar-refractivity contribution is 7.17. The van der Waals surface area contributed by atoms with Gasteiger partial charge < -0.3 is 24.6 Å². The molecule has 148 valence electrons. The van der Waals surface area contributed by atoms with Crippen molar-refractivity contribution >= 4 is 34.2 Å². The van der Waals surface area contributed by atoms with E-state index >= 15 is 0 Å². The summed E-state index contributed by atoms with van der Waals surface area (Å²) in [6.07, 6.45) is 2.58. The number of methoxy groups -OCH3 is 2. The van der Waals surface area contributed by atoms with Gasteiger partial charge in [-0.05, 0) is 37.0 Å². The number of aryl methyl sites for hydroxylation is 1. The molecule has 8 nitrogen and oxygen atoms in total. The van der Waals surface area contributed by atoms with Crippen molar-refractivity contribution in [1.82, 2.24) is 0 Å². The third kappa shape index (κ3) is 3.94. The number of thiophene rings is 1. The highest BCUT2D eigenvalue weighted by Crippen LogP contribution is 2.39. The van der Waals surface area contributed by atoms with Gasteiger partial charge in [0.1, 0.15) is 22.1 Å². The number of phenolic OH excluding ortho intramolecular Hbond substituents is 1. The van der Waals surface area contributed by atoms with Crippen LogP contribution < -0.4 is 10.1 Å². The Kier molecular flexibility index (Phi) is 5.84. The summed E-state index contributed by atoms with van der Waals surface area (Å²) in [4.78, 5) is 37.4. The average molecular weight is 405 g/mol. The molecular formula is C19H19NO7S. The quantitative estimate of drug-likeness (QED) is 0.711. The van der Waals surface area contributed by atoms with Crippen molar-refractivity contribution in [3.05, 3.63) is 39.8 Å². The minimum Gasteiger partial charge on any atom is -0.507 e. The van der Waals surface area contributed by atoms with Crippen LogP contribution in [0, 0.1) is 0 Å². The molecule has 3 rings (SSSR count). The van der Waals surface area contributed by atoms with Gasteiger partial charge in [-0.3, -0.25) is 4.79 Å². The van der Waals surface area contributed by atoms with E-state index in [1.165, 1.54) is 43.8 Å². The monoisotopic (exact) mass is 405 g/mol. The van der Waals surface area contributed by atoms with Crippen LogP contribution in [0.15, 0.2) is 18.2 Å². The van der Waals surface area contributed by atoms with E-state index in [2.05, 4.69) is 5.32 Å². The van der Waals surface area contributed by atoms with E-state index in [0.29, 0.717) is 16.3 Å². The molecule has 0 atom stereocenters. The maximum atomic E-state index is 12.2. The Hall–Kier alpha value is -3.07. The van der Waals surface area contributed by atoms with E-state index < -0.39 is 24.5 Å². The second-order valence-corrected chi connectivity index (χ2v) is 7.17. The van der Waals surface area contributed by atoms with E-state index in [4.69, 9.17) is 14.2 Å². The number of esters is 2. The van der Waals surface area contributed by atoms with Gasteiger partial charge in [0, 0.05) is 10.9 Å². The first-order valence-electron chi connectivity index (χ1n) is 8.51. The summed E-state index contributed by atoms with van der Waals surface area (Å²) in [6.45, 7) is -0.562. The molecule has 1 aliphatic carbocycles. The number of carbonyl (C=O) groups is 3. The number of hydrogen-bond donors (Lipinski definition) is 2. The Morgan fingerprint density at radius 2 is 1.96 bits per heavy atom. The van der Waals surface area contributed by atoms with Gasteiger partial charge in [0.2, 0.25) is 0 Å². The number of anilines is 1. The van der Waals surface area contributed by atoms with Gasteiger partial charge in [-0.15, -0.1) is 11.3 Å². The Balaban J connectivity index is 1.65. The van der Waals surface area contributed by atoms with Gasteiger partial charge in [-0.25, -0.2) is 9.59 Å². The molecular weight excluding hydrogens is 386 g/mol. The van der Waals surface area contributed by atoms with Crippen LogP contribution in [0.1, 0.15) is 37.6 Å². The predicted molar refractivity (Wildman–Crippen MR) is 101 cm³/mol. The Bertz CT molecular complexity index is 935. The van der Waals surface area contributed by atoms with E-state index in [1.54, 1.807) is 0 Å². The largest absolute Gasteiger partial charge is 0.507 e. The molecule has 9 heteroatoms. The molecule has 1 aromatic carbocycles. The number of amides is 1. The number of rotatable bonds is 6. The van der Waals surface area contributed by atoms with E-state index in [-0.39, 0.29) is 11.3 Å². The normalized spacial score (nSPS) is 12.2. The van der Waals surface area contributed by atoms with Crippen molar-refractivity contribution in [1.29, 1.82) is 0 Å². The van der Waals surface area contributed by atoms with Crippen LogP contribution in [-0.4, -0.2) is 43.8 Å². The maximum Gasteiger partial charge on any atom is 0.342 e. The van der Waals surface area contributed by atoms with E-state index in [0.717, 1.165) is 29.7 Å². The zero-order valence-corrected chi connectivity index (χ0v) is 16.2. The minimum absolute atomic E-state index is 0.0843. The van der Waals surface area contributed by atoms with Crippen molar-refractivity contribution in [3.8, 4) is 11.5 Å². The number of nitrogens with one attached hydrogen (secondary N) is 1. The summed E-state index contributed by atoms with van der Waals surface area (Å²) in [5.41, 5.74) is 1.19. The van der Waals surface area contributed by atoms with Crippen LogP contribution in [-0.2, 0) is 27.1 Å². The molecule has 0 saturated carbocycles. The van der Waals surface area contributed by atoms with Gasteiger partial charge in [0.25, 0.3) is 5.91 Å². The topological polar surface area (TPSA) is 111 Å². The molecule has 0 spiro atoms. The average Bonchev–Trinajstić information content (AvgIpc) is 3.26. The fourth-order valence-corrected chi connectivity index (χ4v) is 4.29. The molecule has 0 radical (unpaired) electrons. The minimum atomic E-state index is -0.850. The molecule has 1 heterocycles. The van der Waals surface area contributed by atoms with Crippen molar-refractivity contribution in [3.63, 3.8) is 0 Å². The summed E-state index contributed by atoms with van der Waals surface area (Å²) in [6, 6.07) is 4.10. The van der Waals surface area contributed by atoms with Gasteiger partial charge in [0.05, 0.1) is 19.8 Å². The van der Waals surface area contributed by atoms with Crippen LogP contribution >= 0.6 is 11.3 Å². The third-order valence-corrected chi connectivity index (χ3v) is 5.53. The van der Waals surface area contributed by atoms with Crippen LogP contribution in [0.3, 0.4) is 0 Å². The summed E-state index contributed by atoms with van der Waals surface area (Å²) in [7, 11) is 2.72. The number of aromatic hydroxyl groups is 1. The van der Waals surface area contributed by atoms with Gasteiger partial charge >= 0.3 is 11.9 Å². The molecule has 1 aromatic heterocycles. The van der Waals surface area contributed by atoms with E-state index in [9.17, 15) is 19.5 Å². The lowest BCUT2D eigenvalue weighted by Gasteiger charge is -2.09. The van der Waals surface area contributed by atoms with Crippen molar-refractivity contribution in [2.45, 2.75) is 19.3 Å². The van der Waals surface area contributed by atoms with Gasteiger partial charge in [0.15, 0.2) is 6.61 Å². The van der Waals surface area contributed by atoms with Crippen molar-refractivity contribution in [2.75, 3.05) is 26.1 Å². The Morgan fingerprint density at radius 1 is 1.18 bits per heavy atom. The molecule has 0 saturated heterocycles. The summed E-state index contributed by atoms with van der Waals surface area (Å²) in [5.74, 6) is -1.88. The zero-order valence-electron chi connectivity index (χ0n) is 15.4. The molecule has 28 heavy (non-hydrogen) atoms.